The van der Waals surface area contributed by atoms with Gasteiger partial charge in [-0.2, -0.15) is 9.97 Å². The highest BCUT2D eigenvalue weighted by Gasteiger charge is 2.28. The number of nitrogens with one attached hydrogen (secondary N) is 2. The molecule has 1 fully saturated rings. The minimum absolute atomic E-state index is 0.118. The summed E-state index contributed by atoms with van der Waals surface area (Å²) < 4.78 is 0. The number of aliphatic hydroxyl groups excluding tert-OH is 1. The molecule has 1 aliphatic carbocycles. The van der Waals surface area contributed by atoms with Gasteiger partial charge in [-0.25, -0.2) is 4.98 Å². The Hall–Kier alpha value is -1.89. The van der Waals surface area contributed by atoms with E-state index >= 15 is 0 Å². The Morgan fingerprint density at radius 3 is 2.95 bits per heavy atom. The predicted molar refractivity (Wildman–Crippen MR) is 77.9 cm³/mol. The molecule has 0 aliphatic heterocycles. The van der Waals surface area contributed by atoms with E-state index in [-0.39, 0.29) is 6.61 Å². The first kappa shape index (κ1) is 13.1. The van der Waals surface area contributed by atoms with Crippen LogP contribution in [0.25, 0.3) is 11.2 Å². The van der Waals surface area contributed by atoms with E-state index < -0.39 is 0 Å². The number of imidazole rings is 1. The smallest absolute Gasteiger partial charge is 0.226 e. The lowest BCUT2D eigenvalue weighted by atomic mass is 9.91. The molecule has 7 nitrogen and oxygen atoms in total. The molecule has 0 unspecified atom stereocenters. The Balaban J connectivity index is 2.03. The molecular formula is C13H20N6O. The lowest BCUT2D eigenvalue weighted by Gasteiger charge is -2.38. The highest BCUT2D eigenvalue weighted by Crippen LogP contribution is 2.31. The van der Waals surface area contributed by atoms with Crippen LogP contribution < -0.4 is 10.2 Å². The Kier molecular flexibility index (Phi) is 3.68. The van der Waals surface area contributed by atoms with Crippen LogP contribution >= 0.6 is 0 Å². The summed E-state index contributed by atoms with van der Waals surface area (Å²) in [5, 5.41) is 12.5. The summed E-state index contributed by atoms with van der Waals surface area (Å²) in [5.41, 5.74) is 1.50. The number of fused-ring (bicyclic) bond motifs is 1. The van der Waals surface area contributed by atoms with Gasteiger partial charge >= 0.3 is 0 Å². The van der Waals surface area contributed by atoms with Crippen LogP contribution in [-0.4, -0.2) is 50.8 Å². The molecule has 1 saturated carbocycles. The van der Waals surface area contributed by atoms with Crippen molar-refractivity contribution in [2.24, 2.45) is 0 Å². The van der Waals surface area contributed by atoms with Crippen LogP contribution in [0.1, 0.15) is 26.2 Å². The molecule has 0 bridgehead atoms. The molecule has 2 aromatic rings. The average molecular weight is 276 g/mol. The van der Waals surface area contributed by atoms with Gasteiger partial charge in [-0.3, -0.25) is 0 Å². The molecule has 7 heteroatoms. The summed E-state index contributed by atoms with van der Waals surface area (Å²) in [4.78, 5) is 18.5. The van der Waals surface area contributed by atoms with Gasteiger partial charge in [-0.15, -0.1) is 0 Å². The van der Waals surface area contributed by atoms with Gasteiger partial charge in [0, 0.05) is 19.1 Å². The molecule has 2 heterocycles. The van der Waals surface area contributed by atoms with Gasteiger partial charge in [-0.1, -0.05) is 0 Å². The second-order valence-electron chi connectivity index (χ2n) is 5.00. The Labute approximate surface area is 117 Å². The molecule has 0 spiro atoms. The number of anilines is 2. The zero-order valence-electron chi connectivity index (χ0n) is 11.6. The van der Waals surface area contributed by atoms with Gasteiger partial charge in [0.05, 0.1) is 12.9 Å². The number of aliphatic hydroxyl groups is 1. The SMILES string of the molecule is CCNc1nc(N(CCO)C2CCC2)c2[nH]cnc2n1. The highest BCUT2D eigenvalue weighted by molar-refractivity contribution is 5.84. The number of rotatable bonds is 6. The molecule has 0 radical (unpaired) electrons. The average Bonchev–Trinajstić information content (AvgIpc) is 2.84. The largest absolute Gasteiger partial charge is 0.395 e. The van der Waals surface area contributed by atoms with E-state index in [1.165, 1.54) is 6.42 Å². The monoisotopic (exact) mass is 276 g/mol. The molecule has 0 saturated heterocycles. The van der Waals surface area contributed by atoms with E-state index in [1.54, 1.807) is 6.33 Å². The summed E-state index contributed by atoms with van der Waals surface area (Å²) in [6.45, 7) is 3.47. The van der Waals surface area contributed by atoms with Crippen molar-refractivity contribution in [1.82, 2.24) is 19.9 Å². The maximum Gasteiger partial charge on any atom is 0.226 e. The number of nitrogens with zero attached hydrogens (tertiary/aromatic N) is 4. The predicted octanol–water partition coefficient (Wildman–Crippen LogP) is 1.14. The standard InChI is InChI=1S/C13H20N6O/c1-2-14-13-17-11-10(15-8-16-11)12(18-13)19(6-7-20)9-4-3-5-9/h8-9,20H,2-7H2,1H3,(H2,14,15,16,17,18). The fraction of sp³-hybridized carbons (Fsp3) is 0.615. The third-order valence-electron chi connectivity index (χ3n) is 3.73. The van der Waals surface area contributed by atoms with Crippen molar-refractivity contribution in [3.05, 3.63) is 6.33 Å². The summed E-state index contributed by atoms with van der Waals surface area (Å²) in [6, 6.07) is 0.457. The molecule has 2 aromatic heterocycles. The van der Waals surface area contributed by atoms with Gasteiger partial charge < -0.3 is 20.3 Å². The van der Waals surface area contributed by atoms with E-state index in [4.69, 9.17) is 0 Å². The number of hydrogen-bond acceptors (Lipinski definition) is 6. The maximum atomic E-state index is 9.34. The van der Waals surface area contributed by atoms with Crippen LogP contribution in [0, 0.1) is 0 Å². The lowest BCUT2D eigenvalue weighted by Crippen LogP contribution is -2.42. The van der Waals surface area contributed by atoms with Crippen LogP contribution in [-0.2, 0) is 0 Å². The molecule has 1 aliphatic rings. The number of H-pyrrole nitrogens is 1. The lowest BCUT2D eigenvalue weighted by molar-refractivity contribution is 0.283. The third kappa shape index (κ3) is 2.29. The van der Waals surface area contributed by atoms with E-state index in [0.717, 1.165) is 30.7 Å². The summed E-state index contributed by atoms with van der Waals surface area (Å²) >= 11 is 0. The van der Waals surface area contributed by atoms with Crippen molar-refractivity contribution >= 4 is 22.9 Å². The number of aromatic nitrogens is 4. The van der Waals surface area contributed by atoms with Gasteiger partial charge in [0.15, 0.2) is 11.5 Å². The molecule has 0 amide bonds. The first-order valence-corrected chi connectivity index (χ1v) is 7.16. The number of aromatic amines is 1. The van der Waals surface area contributed by atoms with Crippen molar-refractivity contribution in [1.29, 1.82) is 0 Å². The van der Waals surface area contributed by atoms with E-state index in [0.29, 0.717) is 24.2 Å². The summed E-state index contributed by atoms with van der Waals surface area (Å²) in [7, 11) is 0. The molecule has 108 valence electrons. The van der Waals surface area contributed by atoms with Crippen LogP contribution in [0.3, 0.4) is 0 Å². The second-order valence-corrected chi connectivity index (χ2v) is 5.00. The fourth-order valence-corrected chi connectivity index (χ4v) is 2.53. The van der Waals surface area contributed by atoms with Crippen LogP contribution in [0.4, 0.5) is 11.8 Å². The van der Waals surface area contributed by atoms with Gasteiger partial charge in [0.1, 0.15) is 5.52 Å². The zero-order valence-corrected chi connectivity index (χ0v) is 11.6. The van der Waals surface area contributed by atoms with E-state index in [9.17, 15) is 5.11 Å². The molecular weight excluding hydrogens is 256 g/mol. The Bertz CT molecular complexity index is 579. The quantitative estimate of drug-likeness (QED) is 0.733. The minimum atomic E-state index is 0.118. The van der Waals surface area contributed by atoms with Gasteiger partial charge in [0.2, 0.25) is 5.95 Å². The third-order valence-corrected chi connectivity index (χ3v) is 3.73. The van der Waals surface area contributed by atoms with Crippen molar-refractivity contribution < 1.29 is 5.11 Å². The second kappa shape index (κ2) is 5.62. The van der Waals surface area contributed by atoms with Crippen LogP contribution in [0.15, 0.2) is 6.33 Å². The normalized spacial score (nSPS) is 15.3. The molecule has 20 heavy (non-hydrogen) atoms. The Morgan fingerprint density at radius 1 is 1.45 bits per heavy atom. The molecule has 0 aromatic carbocycles. The molecule has 0 atom stereocenters. The number of hydrogen-bond donors (Lipinski definition) is 3. The topological polar surface area (TPSA) is 90.0 Å². The fourth-order valence-electron chi connectivity index (χ4n) is 2.53. The molecule has 3 rings (SSSR count). The first-order valence-electron chi connectivity index (χ1n) is 7.16. The minimum Gasteiger partial charge on any atom is -0.395 e. The van der Waals surface area contributed by atoms with Crippen molar-refractivity contribution in [3.63, 3.8) is 0 Å². The van der Waals surface area contributed by atoms with Crippen molar-refractivity contribution in [2.45, 2.75) is 32.2 Å². The van der Waals surface area contributed by atoms with Crippen LogP contribution in [0.2, 0.25) is 0 Å². The first-order chi connectivity index (χ1) is 9.83. The summed E-state index contributed by atoms with van der Waals surface area (Å²) in [6.07, 6.45) is 5.17. The van der Waals surface area contributed by atoms with E-state index in [2.05, 4.69) is 30.2 Å². The van der Waals surface area contributed by atoms with Crippen molar-refractivity contribution in [2.75, 3.05) is 29.9 Å². The van der Waals surface area contributed by atoms with Crippen LogP contribution in [0.5, 0.6) is 0 Å². The highest BCUT2D eigenvalue weighted by atomic mass is 16.3. The van der Waals surface area contributed by atoms with Crippen molar-refractivity contribution in [3.8, 4) is 0 Å². The molecule has 3 N–H and O–H groups in total. The van der Waals surface area contributed by atoms with Gasteiger partial charge in [-0.05, 0) is 26.2 Å². The maximum absolute atomic E-state index is 9.34. The van der Waals surface area contributed by atoms with E-state index in [1.807, 2.05) is 6.92 Å². The zero-order chi connectivity index (χ0) is 13.9. The summed E-state index contributed by atoms with van der Waals surface area (Å²) in [5.74, 6) is 1.42. The van der Waals surface area contributed by atoms with Gasteiger partial charge in [0.25, 0.3) is 0 Å². The Morgan fingerprint density at radius 2 is 2.30 bits per heavy atom.